The molecule has 0 saturated heterocycles. The Morgan fingerprint density at radius 3 is 2.30 bits per heavy atom. The minimum absolute atomic E-state index is 0.129. The standard InChI is InChI=1S/C23H23NO2S/c1-17-11-13-20(14-12-17)27(25,26)24-23-16-19-9-5-6-10-21(19)22(23)15-18-7-3-2-4-8-18/h2-14,22-24H,15-16H2,1H3/t22-,23+/m0/s1. The molecule has 4 heteroatoms. The average Bonchev–Trinajstić information content (AvgIpc) is 2.99. The summed E-state index contributed by atoms with van der Waals surface area (Å²) < 4.78 is 28.9. The quantitative estimate of drug-likeness (QED) is 0.723. The Labute approximate surface area is 161 Å². The summed E-state index contributed by atoms with van der Waals surface area (Å²) >= 11 is 0. The number of hydrogen-bond acceptors (Lipinski definition) is 2. The van der Waals surface area contributed by atoms with Gasteiger partial charge in [-0.05, 0) is 48.6 Å². The average molecular weight is 378 g/mol. The second-order valence-electron chi connectivity index (χ2n) is 7.24. The monoisotopic (exact) mass is 377 g/mol. The summed E-state index contributed by atoms with van der Waals surface area (Å²) in [6, 6.07) is 25.4. The van der Waals surface area contributed by atoms with Gasteiger partial charge in [-0.3, -0.25) is 0 Å². The normalized spacial score (nSPS) is 19.0. The molecular weight excluding hydrogens is 354 g/mol. The van der Waals surface area contributed by atoms with Crippen molar-refractivity contribution >= 4 is 10.0 Å². The van der Waals surface area contributed by atoms with E-state index in [-0.39, 0.29) is 12.0 Å². The molecule has 0 amide bonds. The fraction of sp³-hybridized carbons (Fsp3) is 0.217. The second kappa shape index (κ2) is 7.29. The van der Waals surface area contributed by atoms with Crippen LogP contribution in [-0.2, 0) is 22.9 Å². The molecule has 0 heterocycles. The van der Waals surface area contributed by atoms with Gasteiger partial charge in [-0.2, -0.15) is 0 Å². The summed E-state index contributed by atoms with van der Waals surface area (Å²) in [4.78, 5) is 0.322. The lowest BCUT2D eigenvalue weighted by Gasteiger charge is -2.22. The van der Waals surface area contributed by atoms with Crippen LogP contribution in [0.3, 0.4) is 0 Å². The van der Waals surface area contributed by atoms with E-state index in [1.165, 1.54) is 16.7 Å². The van der Waals surface area contributed by atoms with Crippen LogP contribution in [0.4, 0.5) is 0 Å². The fourth-order valence-electron chi connectivity index (χ4n) is 3.91. The molecule has 3 aromatic carbocycles. The van der Waals surface area contributed by atoms with E-state index in [2.05, 4.69) is 29.0 Å². The van der Waals surface area contributed by atoms with Crippen molar-refractivity contribution in [2.45, 2.75) is 36.6 Å². The highest BCUT2D eigenvalue weighted by atomic mass is 32.2. The summed E-state index contributed by atoms with van der Waals surface area (Å²) in [7, 11) is -3.55. The van der Waals surface area contributed by atoms with Crippen molar-refractivity contribution in [3.8, 4) is 0 Å². The molecule has 138 valence electrons. The maximum Gasteiger partial charge on any atom is 0.240 e. The number of benzene rings is 3. The second-order valence-corrected chi connectivity index (χ2v) is 8.95. The van der Waals surface area contributed by atoms with Crippen LogP contribution >= 0.6 is 0 Å². The molecule has 1 N–H and O–H groups in total. The highest BCUT2D eigenvalue weighted by molar-refractivity contribution is 7.89. The first-order chi connectivity index (χ1) is 13.0. The molecule has 27 heavy (non-hydrogen) atoms. The molecule has 0 aromatic heterocycles. The summed E-state index contributed by atoms with van der Waals surface area (Å²) in [5, 5.41) is 0. The smallest absolute Gasteiger partial charge is 0.207 e. The van der Waals surface area contributed by atoms with Crippen LogP contribution in [0.2, 0.25) is 0 Å². The Balaban J connectivity index is 1.63. The first-order valence-electron chi connectivity index (χ1n) is 9.24. The predicted molar refractivity (Wildman–Crippen MR) is 108 cm³/mol. The van der Waals surface area contributed by atoms with E-state index in [0.29, 0.717) is 4.90 Å². The van der Waals surface area contributed by atoms with Crippen molar-refractivity contribution in [1.82, 2.24) is 4.72 Å². The van der Waals surface area contributed by atoms with E-state index >= 15 is 0 Å². The van der Waals surface area contributed by atoms with E-state index in [0.717, 1.165) is 18.4 Å². The van der Waals surface area contributed by atoms with Crippen LogP contribution in [0.25, 0.3) is 0 Å². The van der Waals surface area contributed by atoms with Crippen molar-refractivity contribution in [1.29, 1.82) is 0 Å². The number of hydrogen-bond donors (Lipinski definition) is 1. The molecule has 0 aliphatic heterocycles. The van der Waals surface area contributed by atoms with Crippen molar-refractivity contribution in [3.63, 3.8) is 0 Å². The minimum atomic E-state index is -3.55. The SMILES string of the molecule is Cc1ccc(S(=O)(=O)N[C@@H]2Cc3ccccc3[C@@H]2Cc2ccccc2)cc1. The molecule has 0 saturated carbocycles. The minimum Gasteiger partial charge on any atom is -0.207 e. The molecule has 0 spiro atoms. The highest BCUT2D eigenvalue weighted by Gasteiger charge is 2.35. The molecule has 3 nitrogen and oxygen atoms in total. The van der Waals surface area contributed by atoms with Crippen LogP contribution in [0, 0.1) is 6.92 Å². The zero-order chi connectivity index (χ0) is 18.9. The van der Waals surface area contributed by atoms with E-state index in [1.54, 1.807) is 12.1 Å². The molecule has 2 atom stereocenters. The topological polar surface area (TPSA) is 46.2 Å². The Bertz CT molecular complexity index is 1030. The van der Waals surface area contributed by atoms with Gasteiger partial charge in [-0.25, -0.2) is 13.1 Å². The molecule has 0 radical (unpaired) electrons. The number of rotatable bonds is 5. The van der Waals surface area contributed by atoms with Gasteiger partial charge < -0.3 is 0 Å². The van der Waals surface area contributed by atoms with Gasteiger partial charge in [-0.15, -0.1) is 0 Å². The van der Waals surface area contributed by atoms with Gasteiger partial charge in [0.2, 0.25) is 10.0 Å². The maximum atomic E-state index is 12.9. The third-order valence-electron chi connectivity index (χ3n) is 5.32. The zero-order valence-electron chi connectivity index (χ0n) is 15.3. The van der Waals surface area contributed by atoms with Gasteiger partial charge in [0.25, 0.3) is 0 Å². The molecule has 0 fully saturated rings. The third-order valence-corrected chi connectivity index (χ3v) is 6.82. The summed E-state index contributed by atoms with van der Waals surface area (Å²) in [5.41, 5.74) is 4.75. The Morgan fingerprint density at radius 1 is 0.889 bits per heavy atom. The molecule has 1 aliphatic carbocycles. The number of fused-ring (bicyclic) bond motifs is 1. The largest absolute Gasteiger partial charge is 0.240 e. The number of aryl methyl sites for hydroxylation is 1. The van der Waals surface area contributed by atoms with Crippen LogP contribution in [0.1, 0.15) is 28.2 Å². The third kappa shape index (κ3) is 3.82. The number of nitrogens with one attached hydrogen (secondary N) is 1. The Hall–Kier alpha value is -2.43. The van der Waals surface area contributed by atoms with Gasteiger partial charge in [0.15, 0.2) is 0 Å². The van der Waals surface area contributed by atoms with Crippen molar-refractivity contribution < 1.29 is 8.42 Å². The molecule has 3 aromatic rings. The lowest BCUT2D eigenvalue weighted by molar-refractivity contribution is 0.504. The van der Waals surface area contributed by atoms with Gasteiger partial charge >= 0.3 is 0 Å². The zero-order valence-corrected chi connectivity index (χ0v) is 16.1. The molecule has 4 rings (SSSR count). The first kappa shape index (κ1) is 18.0. The van der Waals surface area contributed by atoms with E-state index in [1.807, 2.05) is 49.4 Å². The molecule has 0 unspecified atom stereocenters. The molecule has 1 aliphatic rings. The highest BCUT2D eigenvalue weighted by Crippen LogP contribution is 2.36. The van der Waals surface area contributed by atoms with Crippen LogP contribution in [0.15, 0.2) is 83.8 Å². The van der Waals surface area contributed by atoms with Gasteiger partial charge in [0.1, 0.15) is 0 Å². The summed E-state index contributed by atoms with van der Waals surface area (Å²) in [6.45, 7) is 1.95. The summed E-state index contributed by atoms with van der Waals surface area (Å²) in [5.74, 6) is 0.129. The van der Waals surface area contributed by atoms with Gasteiger partial charge in [0.05, 0.1) is 4.90 Å². The molecular formula is C23H23NO2S. The van der Waals surface area contributed by atoms with E-state index < -0.39 is 10.0 Å². The lowest BCUT2D eigenvalue weighted by atomic mass is 9.91. The number of sulfonamides is 1. The Kier molecular flexibility index (Phi) is 4.85. The van der Waals surface area contributed by atoms with E-state index in [4.69, 9.17) is 0 Å². The molecule has 0 bridgehead atoms. The van der Waals surface area contributed by atoms with Crippen LogP contribution < -0.4 is 4.72 Å². The van der Waals surface area contributed by atoms with Crippen molar-refractivity contribution in [2.24, 2.45) is 0 Å². The maximum absolute atomic E-state index is 12.9. The van der Waals surface area contributed by atoms with E-state index in [9.17, 15) is 8.42 Å². The van der Waals surface area contributed by atoms with Crippen LogP contribution in [-0.4, -0.2) is 14.5 Å². The summed E-state index contributed by atoms with van der Waals surface area (Å²) in [6.07, 6.45) is 1.54. The fourth-order valence-corrected chi connectivity index (χ4v) is 5.18. The van der Waals surface area contributed by atoms with Crippen molar-refractivity contribution in [2.75, 3.05) is 0 Å². The van der Waals surface area contributed by atoms with Crippen LogP contribution in [0.5, 0.6) is 0 Å². The van der Waals surface area contributed by atoms with Gasteiger partial charge in [0, 0.05) is 12.0 Å². The lowest BCUT2D eigenvalue weighted by Crippen LogP contribution is -2.38. The van der Waals surface area contributed by atoms with Crippen molar-refractivity contribution in [3.05, 3.63) is 101 Å². The first-order valence-corrected chi connectivity index (χ1v) is 10.7. The Morgan fingerprint density at radius 2 is 1.56 bits per heavy atom. The predicted octanol–water partition coefficient (Wildman–Crippen LogP) is 4.22. The van der Waals surface area contributed by atoms with Gasteiger partial charge in [-0.1, -0.05) is 72.3 Å².